The maximum atomic E-state index is 16.1. The highest BCUT2D eigenvalue weighted by molar-refractivity contribution is 5.78. The van der Waals surface area contributed by atoms with Crippen LogP contribution in [-0.4, -0.2) is 55.6 Å². The van der Waals surface area contributed by atoms with Gasteiger partial charge in [-0.2, -0.15) is 8.78 Å². The van der Waals surface area contributed by atoms with Gasteiger partial charge in [0.2, 0.25) is 0 Å². The van der Waals surface area contributed by atoms with Crippen molar-refractivity contribution in [1.82, 2.24) is 0 Å². The van der Waals surface area contributed by atoms with Gasteiger partial charge < -0.3 is 28.4 Å². The van der Waals surface area contributed by atoms with E-state index in [2.05, 4.69) is 0 Å². The zero-order valence-electron chi connectivity index (χ0n) is 26.3. The Labute approximate surface area is 274 Å². The SMILES string of the molecule is CCOC(=O)C(F)(F)[C@H]1OC(COCc2ccccc2)[C@@H](OCc2ccccc2)C(OCc2ccccc2)C1OCc1ccccc1. The first-order valence-corrected chi connectivity index (χ1v) is 15.7. The van der Waals surface area contributed by atoms with Gasteiger partial charge in [0.05, 0.1) is 39.6 Å². The Bertz CT molecular complexity index is 1480. The molecular weight excluding hydrogens is 606 g/mol. The topological polar surface area (TPSA) is 72.5 Å². The van der Waals surface area contributed by atoms with Crippen molar-refractivity contribution >= 4 is 5.97 Å². The predicted octanol–water partition coefficient (Wildman–Crippen LogP) is 6.93. The Morgan fingerprint density at radius 1 is 0.617 bits per heavy atom. The number of esters is 1. The summed E-state index contributed by atoms with van der Waals surface area (Å²) in [6.45, 7) is 1.55. The van der Waals surface area contributed by atoms with Crippen LogP contribution in [0.3, 0.4) is 0 Å². The summed E-state index contributed by atoms with van der Waals surface area (Å²) >= 11 is 0. The van der Waals surface area contributed by atoms with Crippen molar-refractivity contribution in [3.8, 4) is 0 Å². The van der Waals surface area contributed by atoms with Gasteiger partial charge in [-0.05, 0) is 29.2 Å². The summed E-state index contributed by atoms with van der Waals surface area (Å²) in [4.78, 5) is 12.8. The van der Waals surface area contributed by atoms with Gasteiger partial charge in [-0.3, -0.25) is 0 Å². The highest BCUT2D eigenvalue weighted by Gasteiger charge is 2.61. The van der Waals surface area contributed by atoms with Crippen molar-refractivity contribution in [2.45, 2.75) is 69.8 Å². The fourth-order valence-corrected chi connectivity index (χ4v) is 5.42. The minimum atomic E-state index is -4.08. The molecule has 1 aliphatic heterocycles. The van der Waals surface area contributed by atoms with Crippen molar-refractivity contribution in [2.24, 2.45) is 0 Å². The van der Waals surface area contributed by atoms with E-state index in [9.17, 15) is 4.79 Å². The van der Waals surface area contributed by atoms with Crippen molar-refractivity contribution in [2.75, 3.05) is 13.2 Å². The average molecular weight is 647 g/mol. The molecule has 9 heteroatoms. The Morgan fingerprint density at radius 2 is 1.02 bits per heavy atom. The summed E-state index contributed by atoms with van der Waals surface area (Å²) in [5.74, 6) is -5.78. The first kappa shape index (κ1) is 34.3. The van der Waals surface area contributed by atoms with Crippen LogP contribution in [-0.2, 0) is 59.6 Å². The van der Waals surface area contributed by atoms with Crippen LogP contribution in [0.15, 0.2) is 121 Å². The summed E-state index contributed by atoms with van der Waals surface area (Å²) < 4.78 is 68.4. The largest absolute Gasteiger partial charge is 0.461 e. The molecule has 4 aromatic carbocycles. The second kappa shape index (κ2) is 17.2. The zero-order valence-corrected chi connectivity index (χ0v) is 26.3. The maximum Gasteiger partial charge on any atom is 0.379 e. The molecule has 1 heterocycles. The molecule has 3 unspecified atom stereocenters. The van der Waals surface area contributed by atoms with E-state index in [1.54, 1.807) is 0 Å². The third kappa shape index (κ3) is 9.53. The molecule has 0 spiro atoms. The van der Waals surface area contributed by atoms with Gasteiger partial charge in [-0.15, -0.1) is 0 Å². The van der Waals surface area contributed by atoms with E-state index < -0.39 is 42.4 Å². The summed E-state index contributed by atoms with van der Waals surface area (Å²) in [6.07, 6.45) is -6.54. The minimum absolute atomic E-state index is 0.0317. The number of ether oxygens (including phenoxy) is 6. The minimum Gasteiger partial charge on any atom is -0.461 e. The Kier molecular flexibility index (Phi) is 12.6. The highest BCUT2D eigenvalue weighted by atomic mass is 19.3. The molecule has 7 nitrogen and oxygen atoms in total. The lowest BCUT2D eigenvalue weighted by atomic mass is 9.90. The van der Waals surface area contributed by atoms with Crippen molar-refractivity contribution < 1.29 is 42.0 Å². The molecule has 47 heavy (non-hydrogen) atoms. The molecule has 0 bridgehead atoms. The van der Waals surface area contributed by atoms with Crippen LogP contribution in [0.4, 0.5) is 8.78 Å². The fraction of sp³-hybridized carbons (Fsp3) is 0.342. The molecule has 0 radical (unpaired) electrons. The number of hydrogen-bond donors (Lipinski definition) is 0. The molecule has 0 aromatic heterocycles. The Balaban J connectivity index is 1.50. The molecule has 1 fully saturated rings. The molecule has 5 atom stereocenters. The lowest BCUT2D eigenvalue weighted by molar-refractivity contribution is -0.307. The Morgan fingerprint density at radius 3 is 1.47 bits per heavy atom. The van der Waals surface area contributed by atoms with E-state index in [4.69, 9.17) is 28.4 Å². The molecule has 0 saturated carbocycles. The van der Waals surface area contributed by atoms with Gasteiger partial charge >= 0.3 is 11.9 Å². The number of alkyl halides is 2. The van der Waals surface area contributed by atoms with E-state index in [1.807, 2.05) is 121 Å². The fourth-order valence-electron chi connectivity index (χ4n) is 5.42. The molecule has 4 aromatic rings. The van der Waals surface area contributed by atoms with E-state index in [0.717, 1.165) is 22.3 Å². The van der Waals surface area contributed by atoms with E-state index in [-0.39, 0.29) is 39.6 Å². The number of hydrogen-bond acceptors (Lipinski definition) is 7. The Hall–Kier alpha value is -3.99. The van der Waals surface area contributed by atoms with Gasteiger partial charge in [0.25, 0.3) is 0 Å². The first-order valence-electron chi connectivity index (χ1n) is 15.7. The molecule has 0 aliphatic carbocycles. The van der Waals surface area contributed by atoms with Crippen molar-refractivity contribution in [1.29, 1.82) is 0 Å². The first-order chi connectivity index (χ1) is 23.0. The van der Waals surface area contributed by atoms with Gasteiger partial charge in [0.15, 0.2) is 6.10 Å². The standard InChI is InChI=1S/C38H40F2O7/c1-2-43-37(41)38(39,40)36-35(46-26-31-21-13-6-14-22-31)34(45-25-30-19-11-5-12-20-30)33(44-24-29-17-9-4-10-18-29)32(47-36)27-42-23-28-15-7-3-8-16-28/h3-22,32-36H,2,23-27H2,1H3/t32?,33-,34?,35?,36+/m1/s1. The van der Waals surface area contributed by atoms with Crippen molar-refractivity contribution in [3.63, 3.8) is 0 Å². The van der Waals surface area contributed by atoms with E-state index >= 15 is 8.78 Å². The average Bonchev–Trinajstić information content (AvgIpc) is 3.11. The number of halogens is 2. The molecule has 0 amide bonds. The van der Waals surface area contributed by atoms with Crippen LogP contribution in [0.5, 0.6) is 0 Å². The van der Waals surface area contributed by atoms with E-state index in [1.165, 1.54) is 6.92 Å². The van der Waals surface area contributed by atoms with Gasteiger partial charge in [-0.25, -0.2) is 4.79 Å². The van der Waals surface area contributed by atoms with Crippen LogP contribution in [0.2, 0.25) is 0 Å². The number of carbonyl (C=O) groups is 1. The number of benzene rings is 4. The molecule has 1 aliphatic rings. The lowest BCUT2D eigenvalue weighted by Gasteiger charge is -2.47. The monoisotopic (exact) mass is 646 g/mol. The van der Waals surface area contributed by atoms with Crippen molar-refractivity contribution in [3.05, 3.63) is 144 Å². The zero-order chi connectivity index (χ0) is 32.9. The molecule has 5 rings (SSSR count). The normalized spacial score (nSPS) is 21.3. The number of carbonyl (C=O) groups excluding carboxylic acids is 1. The maximum absolute atomic E-state index is 16.1. The predicted molar refractivity (Wildman–Crippen MR) is 171 cm³/mol. The smallest absolute Gasteiger partial charge is 0.379 e. The molecule has 1 saturated heterocycles. The second-order valence-corrected chi connectivity index (χ2v) is 11.2. The van der Waals surface area contributed by atoms with Gasteiger partial charge in [0.1, 0.15) is 24.4 Å². The molecule has 248 valence electrons. The van der Waals surface area contributed by atoms with Crippen LogP contribution in [0.1, 0.15) is 29.2 Å². The van der Waals surface area contributed by atoms with Gasteiger partial charge in [0, 0.05) is 0 Å². The second-order valence-electron chi connectivity index (χ2n) is 11.2. The molecular formula is C38H40F2O7. The third-order valence-corrected chi connectivity index (χ3v) is 7.79. The van der Waals surface area contributed by atoms with E-state index in [0.29, 0.717) is 0 Å². The quantitative estimate of drug-likeness (QED) is 0.122. The molecule has 0 N–H and O–H groups in total. The summed E-state index contributed by atoms with van der Waals surface area (Å²) in [5, 5.41) is 0. The van der Waals surface area contributed by atoms with Crippen LogP contribution in [0, 0.1) is 0 Å². The van der Waals surface area contributed by atoms with Crippen LogP contribution in [0.25, 0.3) is 0 Å². The highest BCUT2D eigenvalue weighted by Crippen LogP contribution is 2.38. The van der Waals surface area contributed by atoms with Crippen LogP contribution >= 0.6 is 0 Å². The summed E-state index contributed by atoms with van der Waals surface area (Å²) in [6, 6.07) is 37.5. The third-order valence-electron chi connectivity index (χ3n) is 7.79. The van der Waals surface area contributed by atoms with Crippen LogP contribution < -0.4 is 0 Å². The lowest BCUT2D eigenvalue weighted by Crippen LogP contribution is -2.66. The number of rotatable bonds is 16. The summed E-state index contributed by atoms with van der Waals surface area (Å²) in [7, 11) is 0. The van der Waals surface area contributed by atoms with Gasteiger partial charge in [-0.1, -0.05) is 121 Å². The summed E-state index contributed by atoms with van der Waals surface area (Å²) in [5.41, 5.74) is 3.36.